The number of benzene rings is 1. The minimum absolute atomic E-state index is 0. The molecule has 0 radical (unpaired) electrons. The van der Waals surface area contributed by atoms with Crippen molar-refractivity contribution in [3.63, 3.8) is 0 Å². The number of hydrogen-bond acceptors (Lipinski definition) is 6. The van der Waals surface area contributed by atoms with Crippen LogP contribution in [0.5, 0.6) is 0 Å². The largest absolute Gasteiger partial charge is 0.458 e. The van der Waals surface area contributed by atoms with Crippen LogP contribution in [0.25, 0.3) is 22.3 Å². The fraction of sp³-hybridized carbons (Fsp3) is 0.348. The molecule has 0 spiro atoms. The molecule has 166 valence electrons. The number of nitrogens with zero attached hydrogens (tertiary/aromatic N) is 2. The van der Waals surface area contributed by atoms with E-state index in [-0.39, 0.29) is 60.5 Å². The maximum atomic E-state index is 14.5. The number of halogens is 2. The van der Waals surface area contributed by atoms with Crippen LogP contribution >= 0.6 is 12.4 Å². The Morgan fingerprint density at radius 2 is 2.09 bits per heavy atom. The average Bonchev–Trinajstić information content (AvgIpc) is 3.13. The fourth-order valence-corrected chi connectivity index (χ4v) is 5.35. The van der Waals surface area contributed by atoms with Crippen LogP contribution in [0.4, 0.5) is 4.39 Å². The monoisotopic (exact) mass is 457 g/mol. The third-order valence-corrected chi connectivity index (χ3v) is 7.02. The first-order valence-electron chi connectivity index (χ1n) is 10.4. The first-order chi connectivity index (χ1) is 14.8. The molecule has 0 amide bonds. The molecule has 0 fully saturated rings. The second kappa shape index (κ2) is 6.84. The lowest BCUT2D eigenvalue weighted by Crippen LogP contribution is -2.44. The number of esters is 1. The lowest BCUT2D eigenvalue weighted by Gasteiger charge is -2.31. The molecule has 9 heteroatoms. The van der Waals surface area contributed by atoms with E-state index in [1.54, 1.807) is 23.6 Å². The number of ether oxygens (including phenoxy) is 1. The van der Waals surface area contributed by atoms with Crippen LogP contribution in [0.15, 0.2) is 23.0 Å². The Hall–Kier alpha value is -2.81. The summed E-state index contributed by atoms with van der Waals surface area (Å²) in [6.45, 7) is 1.75. The van der Waals surface area contributed by atoms with Crippen molar-refractivity contribution >= 4 is 29.3 Å². The summed E-state index contributed by atoms with van der Waals surface area (Å²) in [5.74, 6) is -1.03. The van der Waals surface area contributed by atoms with Gasteiger partial charge in [0.1, 0.15) is 12.4 Å². The molecule has 1 unspecified atom stereocenters. The zero-order chi connectivity index (χ0) is 21.7. The van der Waals surface area contributed by atoms with Crippen molar-refractivity contribution in [2.45, 2.75) is 51.0 Å². The lowest BCUT2D eigenvalue weighted by atomic mass is 9.83. The summed E-state index contributed by atoms with van der Waals surface area (Å²) in [6, 6.07) is 4.44. The van der Waals surface area contributed by atoms with Crippen LogP contribution in [0, 0.1) is 5.82 Å². The van der Waals surface area contributed by atoms with Crippen molar-refractivity contribution in [3.8, 4) is 11.4 Å². The Bertz CT molecular complexity index is 1400. The summed E-state index contributed by atoms with van der Waals surface area (Å²) < 4.78 is 21.2. The number of aromatic nitrogens is 2. The van der Waals surface area contributed by atoms with Crippen LogP contribution in [0.3, 0.4) is 0 Å². The third-order valence-electron chi connectivity index (χ3n) is 7.02. The Kier molecular flexibility index (Phi) is 4.50. The van der Waals surface area contributed by atoms with Gasteiger partial charge in [0.05, 0.1) is 29.0 Å². The van der Waals surface area contributed by atoms with Crippen LogP contribution in [0.2, 0.25) is 0 Å². The standard InChI is InChI=1S/C23H20FN3O4.ClH/c1-2-23(30)13-7-17-20-11(8-27(17)21(28)12(13)9-31-22(23)29)18-15(25)5-3-10-14(24)4-6-16(26-20)19(10)18;/h4,6-7,15,30H,2-3,5,8-9,25H2,1H3;1H/t15?,23-;/m0./s1. The van der Waals surface area contributed by atoms with Gasteiger partial charge in [-0.2, -0.15) is 0 Å². The predicted molar refractivity (Wildman–Crippen MR) is 117 cm³/mol. The molecular weight excluding hydrogens is 437 g/mol. The molecule has 3 aliphatic rings. The van der Waals surface area contributed by atoms with Crippen molar-refractivity contribution in [2.75, 3.05) is 0 Å². The number of pyridine rings is 2. The molecule has 0 saturated carbocycles. The number of rotatable bonds is 1. The quantitative estimate of drug-likeness (QED) is 0.425. The van der Waals surface area contributed by atoms with Gasteiger partial charge in [-0.3, -0.25) is 4.79 Å². The SMILES string of the molecule is CC[C@@]1(O)C(=O)OCc2c1cc1n(c2=O)Cc2c-1nc1ccc(F)c3c1c2C(N)CC3.Cl. The molecule has 2 aliphatic heterocycles. The van der Waals surface area contributed by atoms with Crippen molar-refractivity contribution in [1.82, 2.24) is 9.55 Å². The van der Waals surface area contributed by atoms with Crippen LogP contribution in [-0.4, -0.2) is 20.6 Å². The molecule has 6 rings (SSSR count). The highest BCUT2D eigenvalue weighted by molar-refractivity contribution is 5.92. The van der Waals surface area contributed by atoms with E-state index < -0.39 is 11.6 Å². The van der Waals surface area contributed by atoms with Gasteiger partial charge >= 0.3 is 5.97 Å². The molecular formula is C23H21ClFN3O4. The molecule has 0 bridgehead atoms. The topological polar surface area (TPSA) is 107 Å². The third kappa shape index (κ3) is 2.45. The minimum Gasteiger partial charge on any atom is -0.458 e. The van der Waals surface area contributed by atoms with Crippen LogP contribution in [-0.2, 0) is 34.7 Å². The highest BCUT2D eigenvalue weighted by atomic mass is 35.5. The Morgan fingerprint density at radius 3 is 2.84 bits per heavy atom. The molecule has 32 heavy (non-hydrogen) atoms. The number of cyclic esters (lactones) is 1. The summed E-state index contributed by atoms with van der Waals surface area (Å²) in [5.41, 5.74) is 8.82. The zero-order valence-corrected chi connectivity index (χ0v) is 18.1. The number of aliphatic hydroxyl groups is 1. The summed E-state index contributed by atoms with van der Waals surface area (Å²) in [6.07, 6.45) is 1.24. The van der Waals surface area contributed by atoms with E-state index in [1.165, 1.54) is 6.07 Å². The van der Waals surface area contributed by atoms with Crippen molar-refractivity contribution < 1.29 is 19.0 Å². The molecule has 7 nitrogen and oxygen atoms in total. The number of aryl methyl sites for hydroxylation is 1. The van der Waals surface area contributed by atoms with Crippen molar-refractivity contribution in [3.05, 3.63) is 62.2 Å². The van der Waals surface area contributed by atoms with Crippen LogP contribution in [0.1, 0.15) is 53.6 Å². The average molecular weight is 458 g/mol. The zero-order valence-electron chi connectivity index (χ0n) is 17.3. The van der Waals surface area contributed by atoms with E-state index in [4.69, 9.17) is 15.5 Å². The molecule has 3 N–H and O–H groups in total. The minimum atomic E-state index is -1.87. The Balaban J connectivity index is 0.00000216. The summed E-state index contributed by atoms with van der Waals surface area (Å²) in [4.78, 5) is 30.4. The molecule has 2 aromatic heterocycles. The van der Waals surface area contributed by atoms with E-state index in [0.29, 0.717) is 35.3 Å². The maximum Gasteiger partial charge on any atom is 0.343 e. The lowest BCUT2D eigenvalue weighted by molar-refractivity contribution is -0.172. The van der Waals surface area contributed by atoms with Crippen molar-refractivity contribution in [2.24, 2.45) is 5.73 Å². The van der Waals surface area contributed by atoms with Gasteiger partial charge < -0.3 is 20.1 Å². The van der Waals surface area contributed by atoms with E-state index in [2.05, 4.69) is 0 Å². The Morgan fingerprint density at radius 1 is 1.31 bits per heavy atom. The van der Waals surface area contributed by atoms with Gasteiger partial charge in [0.2, 0.25) is 0 Å². The number of carbonyl (C=O) groups excluding carboxylic acids is 1. The summed E-state index contributed by atoms with van der Waals surface area (Å²) in [7, 11) is 0. The van der Waals surface area contributed by atoms with E-state index in [1.807, 2.05) is 0 Å². The first kappa shape index (κ1) is 21.1. The maximum absolute atomic E-state index is 14.5. The number of fused-ring (bicyclic) bond motifs is 5. The van der Waals surface area contributed by atoms with E-state index in [0.717, 1.165) is 16.5 Å². The van der Waals surface area contributed by atoms with Gasteiger partial charge in [-0.1, -0.05) is 6.92 Å². The van der Waals surface area contributed by atoms with Gasteiger partial charge in [0.25, 0.3) is 5.56 Å². The van der Waals surface area contributed by atoms with Gasteiger partial charge in [0.15, 0.2) is 5.60 Å². The van der Waals surface area contributed by atoms with Gasteiger partial charge in [-0.25, -0.2) is 14.2 Å². The van der Waals surface area contributed by atoms with Crippen LogP contribution < -0.4 is 11.3 Å². The Labute approximate surface area is 188 Å². The molecule has 3 aromatic rings. The highest BCUT2D eigenvalue weighted by Gasteiger charge is 2.45. The normalized spacial score (nSPS) is 22.6. The summed E-state index contributed by atoms with van der Waals surface area (Å²) in [5, 5.41) is 11.7. The predicted octanol–water partition coefficient (Wildman–Crippen LogP) is 2.59. The molecule has 4 heterocycles. The van der Waals surface area contributed by atoms with E-state index in [9.17, 15) is 19.1 Å². The van der Waals surface area contributed by atoms with Gasteiger partial charge in [-0.05, 0) is 48.6 Å². The number of carbonyl (C=O) groups is 1. The fourth-order valence-electron chi connectivity index (χ4n) is 5.35. The smallest absolute Gasteiger partial charge is 0.343 e. The number of nitrogens with two attached hydrogens (primary N) is 1. The second-order valence-electron chi connectivity index (χ2n) is 8.52. The molecule has 1 aromatic carbocycles. The van der Waals surface area contributed by atoms with Gasteiger partial charge in [-0.15, -0.1) is 12.4 Å². The molecule has 1 aliphatic carbocycles. The van der Waals surface area contributed by atoms with Crippen molar-refractivity contribution in [1.29, 1.82) is 0 Å². The number of hydrogen-bond donors (Lipinski definition) is 2. The van der Waals surface area contributed by atoms with Gasteiger partial charge in [0, 0.05) is 22.6 Å². The highest BCUT2D eigenvalue weighted by Crippen LogP contribution is 2.44. The first-order valence-corrected chi connectivity index (χ1v) is 10.4. The van der Waals surface area contributed by atoms with E-state index >= 15 is 0 Å². The summed E-state index contributed by atoms with van der Waals surface area (Å²) >= 11 is 0. The second-order valence-corrected chi connectivity index (χ2v) is 8.52. The molecule has 2 atom stereocenters. The molecule has 0 saturated heterocycles.